The van der Waals surface area contributed by atoms with Crippen LogP contribution in [0.1, 0.15) is 71.2 Å². The second-order valence-corrected chi connectivity index (χ2v) is 12.8. The Labute approximate surface area is 280 Å². The second-order valence-electron chi connectivity index (χ2n) is 12.8. The first-order chi connectivity index (χ1) is 22.9. The van der Waals surface area contributed by atoms with Gasteiger partial charge in [-0.1, -0.05) is 64.2 Å². The molecule has 7 heteroatoms. The molecule has 0 N–H and O–H groups in total. The summed E-state index contributed by atoms with van der Waals surface area (Å²) in [5.74, 6) is 10.3. The summed E-state index contributed by atoms with van der Waals surface area (Å²) in [5.41, 5.74) is 8.04. The van der Waals surface area contributed by atoms with Gasteiger partial charge >= 0.3 is 0 Å². The van der Waals surface area contributed by atoms with Gasteiger partial charge in [0.25, 0.3) is 0 Å². The van der Waals surface area contributed by atoms with Gasteiger partial charge in [-0.05, 0) is 72.9 Å². The van der Waals surface area contributed by atoms with Gasteiger partial charge in [0, 0.05) is 61.0 Å². The summed E-state index contributed by atoms with van der Waals surface area (Å²) in [4.78, 5) is 11.9. The number of allylic oxidation sites excluding steroid dienone is 3. The quantitative estimate of drug-likeness (QED) is 0.151. The van der Waals surface area contributed by atoms with E-state index >= 15 is 0 Å². The van der Waals surface area contributed by atoms with Crippen LogP contribution in [0.4, 0.5) is 5.82 Å². The number of piperidine rings is 1. The number of hydrogen-bond acceptors (Lipinski definition) is 6. The number of anilines is 1. The van der Waals surface area contributed by atoms with Crippen molar-refractivity contribution in [3.63, 3.8) is 0 Å². The third-order valence-corrected chi connectivity index (χ3v) is 8.54. The van der Waals surface area contributed by atoms with Crippen molar-refractivity contribution in [1.82, 2.24) is 19.6 Å². The van der Waals surface area contributed by atoms with Crippen molar-refractivity contribution in [2.24, 2.45) is 23.7 Å². The van der Waals surface area contributed by atoms with Gasteiger partial charge in [0.1, 0.15) is 23.6 Å². The predicted molar refractivity (Wildman–Crippen MR) is 191 cm³/mol. The van der Waals surface area contributed by atoms with E-state index in [4.69, 9.17) is 9.72 Å². The lowest BCUT2D eigenvalue weighted by Gasteiger charge is -2.32. The number of nitriles is 1. The smallest absolute Gasteiger partial charge is 0.128 e. The van der Waals surface area contributed by atoms with Gasteiger partial charge in [0.05, 0.1) is 24.4 Å². The summed E-state index contributed by atoms with van der Waals surface area (Å²) in [6.45, 7) is 14.5. The number of pyridine rings is 3. The Bertz CT molecular complexity index is 1850. The fourth-order valence-corrected chi connectivity index (χ4v) is 6.50. The molecule has 2 fully saturated rings. The number of aromatic nitrogens is 4. The van der Waals surface area contributed by atoms with Crippen molar-refractivity contribution in [1.29, 1.82) is 5.26 Å². The van der Waals surface area contributed by atoms with Crippen LogP contribution in [-0.2, 0) is 6.42 Å². The summed E-state index contributed by atoms with van der Waals surface area (Å²) < 4.78 is 7.16. The molecule has 1 aliphatic heterocycles. The Kier molecular flexibility index (Phi) is 10.8. The van der Waals surface area contributed by atoms with E-state index in [1.165, 1.54) is 6.42 Å². The molecule has 2 atom stereocenters. The van der Waals surface area contributed by atoms with Crippen molar-refractivity contribution >= 4 is 16.9 Å². The lowest BCUT2D eigenvalue weighted by atomic mass is 9.96. The first kappa shape index (κ1) is 33.5. The van der Waals surface area contributed by atoms with Gasteiger partial charge in [-0.25, -0.2) is 9.50 Å². The Hall–Kier alpha value is -4.88. The van der Waals surface area contributed by atoms with E-state index in [2.05, 4.69) is 84.0 Å². The first-order valence-corrected chi connectivity index (χ1v) is 16.8. The third kappa shape index (κ3) is 7.75. The first-order valence-electron chi connectivity index (χ1n) is 16.8. The molecular weight excluding hydrogens is 580 g/mol. The Morgan fingerprint density at radius 2 is 1.89 bits per heavy atom. The van der Waals surface area contributed by atoms with E-state index in [0.29, 0.717) is 17.4 Å². The largest absolute Gasteiger partial charge is 0.497 e. The van der Waals surface area contributed by atoms with Crippen LogP contribution in [0.5, 0.6) is 5.75 Å². The minimum absolute atomic E-state index is 0.122. The van der Waals surface area contributed by atoms with Crippen LogP contribution in [0.25, 0.3) is 22.2 Å². The molecule has 7 nitrogen and oxygen atoms in total. The Balaban J connectivity index is 0.000000674. The molecule has 7 rings (SSSR count). The van der Waals surface area contributed by atoms with E-state index in [0.717, 1.165) is 76.9 Å². The molecule has 0 spiro atoms. The van der Waals surface area contributed by atoms with Crippen LogP contribution in [0.15, 0.2) is 72.8 Å². The molecule has 2 aliphatic carbocycles. The number of rotatable bonds is 7. The fourth-order valence-electron chi connectivity index (χ4n) is 6.50. The highest BCUT2D eigenvalue weighted by molar-refractivity contribution is 5.88. The molecule has 5 heterocycles. The third-order valence-electron chi connectivity index (χ3n) is 8.54. The second kappa shape index (κ2) is 15.1. The molecule has 1 saturated carbocycles. The van der Waals surface area contributed by atoms with E-state index in [1.807, 2.05) is 51.5 Å². The van der Waals surface area contributed by atoms with Crippen molar-refractivity contribution in [2.75, 3.05) is 25.1 Å². The maximum absolute atomic E-state index is 9.77. The molecular formula is C40H46N6O. The van der Waals surface area contributed by atoms with Crippen molar-refractivity contribution in [3.8, 4) is 34.8 Å². The van der Waals surface area contributed by atoms with Crippen molar-refractivity contribution < 1.29 is 4.74 Å². The van der Waals surface area contributed by atoms with Crippen LogP contribution in [0, 0.1) is 46.8 Å². The molecule has 4 aromatic heterocycles. The monoisotopic (exact) mass is 626 g/mol. The highest BCUT2D eigenvalue weighted by Crippen LogP contribution is 2.42. The normalized spacial score (nSPS) is 18.9. The average molecular weight is 627 g/mol. The maximum Gasteiger partial charge on any atom is 0.128 e. The molecule has 242 valence electrons. The molecule has 2 unspecified atom stereocenters. The molecule has 2 bridgehead atoms. The highest BCUT2D eigenvalue weighted by Gasteiger charge is 2.36. The molecule has 4 aromatic rings. The van der Waals surface area contributed by atoms with Gasteiger partial charge in [-0.3, -0.25) is 4.98 Å². The van der Waals surface area contributed by atoms with Crippen molar-refractivity contribution in [2.45, 2.75) is 60.8 Å². The number of nitrogens with zero attached hydrogens (tertiary/aromatic N) is 6. The SMILES string of the molecule is C/C=C(/c1cc(-c2ccc(N3CC4CC(=CCc5cc(OC)ccn5)C(C4)C3)nc2)c2c(C#N)cnn2c1)C1C#C1.CC.CC(C)C. The highest BCUT2D eigenvalue weighted by atomic mass is 16.5. The summed E-state index contributed by atoms with van der Waals surface area (Å²) >= 11 is 0. The summed E-state index contributed by atoms with van der Waals surface area (Å²) in [5, 5.41) is 14.2. The Morgan fingerprint density at radius 1 is 1.11 bits per heavy atom. The molecule has 3 aliphatic rings. The molecule has 0 amide bonds. The molecule has 47 heavy (non-hydrogen) atoms. The fraction of sp³-hybridized carbons (Fsp3) is 0.400. The van der Waals surface area contributed by atoms with Crippen LogP contribution in [0.3, 0.4) is 0 Å². The number of ether oxygens (including phenoxy) is 1. The van der Waals surface area contributed by atoms with E-state index in [1.54, 1.807) is 23.4 Å². The molecule has 1 saturated heterocycles. The van der Waals surface area contributed by atoms with E-state index in [-0.39, 0.29) is 5.92 Å². The summed E-state index contributed by atoms with van der Waals surface area (Å²) in [6, 6.07) is 12.6. The van der Waals surface area contributed by atoms with Gasteiger partial charge in [0.2, 0.25) is 0 Å². The summed E-state index contributed by atoms with van der Waals surface area (Å²) in [7, 11) is 1.69. The van der Waals surface area contributed by atoms with E-state index < -0.39 is 0 Å². The van der Waals surface area contributed by atoms with Gasteiger partial charge in [-0.2, -0.15) is 10.4 Å². The van der Waals surface area contributed by atoms with E-state index in [9.17, 15) is 5.26 Å². The van der Waals surface area contributed by atoms with Crippen LogP contribution >= 0.6 is 0 Å². The molecule has 0 radical (unpaired) electrons. The minimum Gasteiger partial charge on any atom is -0.497 e. The van der Waals surface area contributed by atoms with Crippen molar-refractivity contribution in [3.05, 3.63) is 89.7 Å². The van der Waals surface area contributed by atoms with Gasteiger partial charge in [-0.15, -0.1) is 0 Å². The van der Waals surface area contributed by atoms with Crippen LogP contribution in [-0.4, -0.2) is 39.8 Å². The Morgan fingerprint density at radius 3 is 2.55 bits per heavy atom. The lowest BCUT2D eigenvalue weighted by molar-refractivity contribution is 0.413. The maximum atomic E-state index is 9.77. The average Bonchev–Trinajstić information content (AvgIpc) is 3.77. The number of methoxy groups -OCH3 is 1. The van der Waals surface area contributed by atoms with Gasteiger partial charge < -0.3 is 9.64 Å². The zero-order valence-corrected chi connectivity index (χ0v) is 28.8. The summed E-state index contributed by atoms with van der Waals surface area (Å²) in [6.07, 6.45) is 15.1. The topological polar surface area (TPSA) is 79.3 Å². The van der Waals surface area contributed by atoms with Crippen LogP contribution < -0.4 is 9.64 Å². The zero-order valence-electron chi connectivity index (χ0n) is 28.8. The standard InChI is InChI=1S/C34H30N6O.C4H10.C2H6/c1-3-31(23-4-5-23)27-14-32(34-28(16-35)18-38-40(34)21-27)25-7-9-33(37-17-25)39-19-22-12-24(26(13-22)20-39)6-8-29-15-30(41-2)10-11-36-29;1-4(2)3;1-2/h3,6-7,9-11,14-15,17-18,21-23,26H,8,12-13,19-20H2,1-2H3;4H,1-3H3;1-2H3/b24-6?,31-3+;;. The molecule has 0 aromatic carbocycles. The van der Waals surface area contributed by atoms with Crippen LogP contribution in [0.2, 0.25) is 0 Å². The number of hydrogen-bond donors (Lipinski definition) is 0. The predicted octanol–water partition coefficient (Wildman–Crippen LogP) is 8.41. The van der Waals surface area contributed by atoms with Gasteiger partial charge in [0.15, 0.2) is 0 Å². The zero-order chi connectivity index (χ0) is 33.5. The number of fused-ring (bicyclic) bond motifs is 3. The minimum atomic E-state index is 0.122. The lowest BCUT2D eigenvalue weighted by Crippen LogP contribution is -2.37.